The first-order valence-electron chi connectivity index (χ1n) is 6.80. The van der Waals surface area contributed by atoms with Crippen molar-refractivity contribution in [1.82, 2.24) is 10.6 Å². The Labute approximate surface area is 109 Å². The fraction of sp³-hybridized carbons (Fsp3) is 0.923. The van der Waals surface area contributed by atoms with Crippen molar-refractivity contribution < 1.29 is 14.6 Å². The lowest BCUT2D eigenvalue weighted by Crippen LogP contribution is -2.48. The van der Waals surface area contributed by atoms with Crippen molar-refractivity contribution in [2.24, 2.45) is 5.41 Å². The summed E-state index contributed by atoms with van der Waals surface area (Å²) in [6.45, 7) is 4.27. The Hall–Kier alpha value is -0.650. The van der Waals surface area contributed by atoms with Crippen molar-refractivity contribution in [3.05, 3.63) is 0 Å². The van der Waals surface area contributed by atoms with Crippen molar-refractivity contribution in [2.75, 3.05) is 33.4 Å². The van der Waals surface area contributed by atoms with E-state index in [1.807, 2.05) is 0 Å². The molecule has 106 valence electrons. The number of methoxy groups -OCH3 is 1. The van der Waals surface area contributed by atoms with Gasteiger partial charge in [-0.25, -0.2) is 0 Å². The molecule has 18 heavy (non-hydrogen) atoms. The SMILES string of the molecule is CCCC1(C(=O)NC(CCO)COC)CCNC1. The summed E-state index contributed by atoms with van der Waals surface area (Å²) in [6, 6.07) is -0.0955. The number of amides is 1. The molecule has 1 aliphatic rings. The fourth-order valence-electron chi connectivity index (χ4n) is 2.64. The highest BCUT2D eigenvalue weighted by Crippen LogP contribution is 2.31. The van der Waals surface area contributed by atoms with Crippen LogP contribution in [0, 0.1) is 5.41 Å². The van der Waals surface area contributed by atoms with E-state index in [0.29, 0.717) is 13.0 Å². The maximum Gasteiger partial charge on any atom is 0.227 e. The van der Waals surface area contributed by atoms with Crippen LogP contribution in [-0.2, 0) is 9.53 Å². The Balaban J connectivity index is 2.59. The number of carbonyl (C=O) groups excluding carboxylic acids is 1. The second-order valence-electron chi connectivity index (χ2n) is 5.10. The minimum atomic E-state index is -0.268. The van der Waals surface area contributed by atoms with Crippen LogP contribution in [0.3, 0.4) is 0 Å². The minimum absolute atomic E-state index is 0.0628. The van der Waals surface area contributed by atoms with Crippen molar-refractivity contribution >= 4 is 5.91 Å². The third-order valence-corrected chi connectivity index (χ3v) is 3.63. The molecular formula is C13H26N2O3. The molecule has 0 spiro atoms. The third kappa shape index (κ3) is 3.93. The molecule has 1 saturated heterocycles. The van der Waals surface area contributed by atoms with Crippen LogP contribution in [0.2, 0.25) is 0 Å². The molecule has 0 aliphatic carbocycles. The summed E-state index contributed by atoms with van der Waals surface area (Å²) in [6.07, 6.45) is 3.34. The molecule has 1 fully saturated rings. The summed E-state index contributed by atoms with van der Waals surface area (Å²) in [7, 11) is 1.61. The zero-order valence-corrected chi connectivity index (χ0v) is 11.5. The van der Waals surface area contributed by atoms with Gasteiger partial charge in [-0.05, 0) is 25.8 Å². The molecule has 1 rings (SSSR count). The van der Waals surface area contributed by atoms with E-state index in [2.05, 4.69) is 17.6 Å². The van der Waals surface area contributed by atoms with Gasteiger partial charge in [-0.1, -0.05) is 13.3 Å². The van der Waals surface area contributed by atoms with Gasteiger partial charge in [-0.15, -0.1) is 0 Å². The zero-order valence-electron chi connectivity index (χ0n) is 11.5. The van der Waals surface area contributed by atoms with E-state index in [9.17, 15) is 4.79 Å². The summed E-state index contributed by atoms with van der Waals surface area (Å²) in [5.41, 5.74) is -0.268. The number of ether oxygens (including phenoxy) is 1. The van der Waals surface area contributed by atoms with Gasteiger partial charge in [0.2, 0.25) is 5.91 Å². The molecule has 2 unspecified atom stereocenters. The van der Waals surface area contributed by atoms with E-state index in [4.69, 9.17) is 9.84 Å². The van der Waals surface area contributed by atoms with E-state index >= 15 is 0 Å². The Morgan fingerprint density at radius 1 is 1.61 bits per heavy atom. The molecule has 1 heterocycles. The van der Waals surface area contributed by atoms with E-state index in [-0.39, 0.29) is 24.0 Å². The van der Waals surface area contributed by atoms with E-state index in [1.165, 1.54) is 0 Å². The van der Waals surface area contributed by atoms with Gasteiger partial charge in [0.15, 0.2) is 0 Å². The van der Waals surface area contributed by atoms with Crippen LogP contribution in [0.1, 0.15) is 32.6 Å². The first kappa shape index (κ1) is 15.4. The lowest BCUT2D eigenvalue weighted by atomic mass is 9.81. The largest absolute Gasteiger partial charge is 0.396 e. The predicted molar refractivity (Wildman–Crippen MR) is 70.3 cm³/mol. The Morgan fingerprint density at radius 3 is 2.89 bits per heavy atom. The van der Waals surface area contributed by atoms with Crippen LogP contribution in [0.15, 0.2) is 0 Å². The summed E-state index contributed by atoms with van der Waals surface area (Å²) in [5.74, 6) is 0.102. The molecular weight excluding hydrogens is 232 g/mol. The minimum Gasteiger partial charge on any atom is -0.396 e. The smallest absolute Gasteiger partial charge is 0.227 e. The van der Waals surface area contributed by atoms with E-state index < -0.39 is 0 Å². The maximum absolute atomic E-state index is 12.4. The number of rotatable bonds is 8. The Bertz CT molecular complexity index is 247. The first-order valence-corrected chi connectivity index (χ1v) is 6.80. The molecule has 5 heteroatoms. The molecule has 0 saturated carbocycles. The van der Waals surface area contributed by atoms with Gasteiger partial charge in [-0.3, -0.25) is 4.79 Å². The summed E-state index contributed by atoms with van der Waals surface area (Å²) in [4.78, 5) is 12.4. The topological polar surface area (TPSA) is 70.6 Å². The summed E-state index contributed by atoms with van der Waals surface area (Å²) < 4.78 is 5.07. The number of carbonyl (C=O) groups is 1. The summed E-state index contributed by atoms with van der Waals surface area (Å²) in [5, 5.41) is 15.3. The Kier molecular flexibility index (Phi) is 6.60. The zero-order chi connectivity index (χ0) is 13.4. The molecule has 0 aromatic carbocycles. The van der Waals surface area contributed by atoms with Gasteiger partial charge in [0.05, 0.1) is 18.1 Å². The van der Waals surface area contributed by atoms with Crippen molar-refractivity contribution in [2.45, 2.75) is 38.6 Å². The third-order valence-electron chi connectivity index (χ3n) is 3.63. The molecule has 0 aromatic rings. The van der Waals surface area contributed by atoms with Crippen LogP contribution < -0.4 is 10.6 Å². The van der Waals surface area contributed by atoms with Crippen molar-refractivity contribution in [1.29, 1.82) is 0 Å². The van der Waals surface area contributed by atoms with Crippen LogP contribution in [-0.4, -0.2) is 50.5 Å². The quantitative estimate of drug-likeness (QED) is 0.585. The lowest BCUT2D eigenvalue weighted by molar-refractivity contribution is -0.131. The lowest BCUT2D eigenvalue weighted by Gasteiger charge is -2.29. The predicted octanol–water partition coefficient (Wildman–Crippen LogP) is 0.280. The molecule has 0 aromatic heterocycles. The number of hydrogen-bond acceptors (Lipinski definition) is 4. The standard InChI is InChI=1S/C13H26N2O3/c1-3-5-13(6-7-14-10-13)12(17)15-11(4-8-16)9-18-2/h11,14,16H,3-10H2,1-2H3,(H,15,17). The van der Waals surface area contributed by atoms with Crippen molar-refractivity contribution in [3.63, 3.8) is 0 Å². The molecule has 0 bridgehead atoms. The maximum atomic E-state index is 12.4. The first-order chi connectivity index (χ1) is 8.68. The van der Waals surface area contributed by atoms with Gasteiger partial charge in [0, 0.05) is 20.3 Å². The van der Waals surface area contributed by atoms with Gasteiger partial charge >= 0.3 is 0 Å². The van der Waals surface area contributed by atoms with Gasteiger partial charge in [0.25, 0.3) is 0 Å². The number of hydrogen-bond donors (Lipinski definition) is 3. The van der Waals surface area contributed by atoms with Crippen LogP contribution in [0.25, 0.3) is 0 Å². The van der Waals surface area contributed by atoms with E-state index in [0.717, 1.165) is 32.4 Å². The van der Waals surface area contributed by atoms with Gasteiger partial charge in [-0.2, -0.15) is 0 Å². The van der Waals surface area contributed by atoms with Crippen LogP contribution >= 0.6 is 0 Å². The molecule has 2 atom stereocenters. The van der Waals surface area contributed by atoms with Crippen LogP contribution in [0.4, 0.5) is 0 Å². The average Bonchev–Trinajstić information content (AvgIpc) is 2.80. The second-order valence-corrected chi connectivity index (χ2v) is 5.10. The van der Waals surface area contributed by atoms with Gasteiger partial charge in [0.1, 0.15) is 0 Å². The molecule has 0 radical (unpaired) electrons. The highest BCUT2D eigenvalue weighted by Gasteiger charge is 2.40. The molecule has 1 aliphatic heterocycles. The normalized spacial score (nSPS) is 25.1. The number of nitrogens with one attached hydrogen (secondary N) is 2. The second kappa shape index (κ2) is 7.71. The molecule has 5 nitrogen and oxygen atoms in total. The average molecular weight is 258 g/mol. The monoisotopic (exact) mass is 258 g/mol. The fourth-order valence-corrected chi connectivity index (χ4v) is 2.64. The molecule has 3 N–H and O–H groups in total. The van der Waals surface area contributed by atoms with Crippen molar-refractivity contribution in [3.8, 4) is 0 Å². The Morgan fingerprint density at radius 2 is 2.39 bits per heavy atom. The van der Waals surface area contributed by atoms with Crippen LogP contribution in [0.5, 0.6) is 0 Å². The molecule has 1 amide bonds. The highest BCUT2D eigenvalue weighted by atomic mass is 16.5. The van der Waals surface area contributed by atoms with Gasteiger partial charge < -0.3 is 20.5 Å². The highest BCUT2D eigenvalue weighted by molar-refractivity contribution is 5.83. The van der Waals surface area contributed by atoms with E-state index in [1.54, 1.807) is 7.11 Å². The number of aliphatic hydroxyl groups is 1. The number of aliphatic hydroxyl groups excluding tert-OH is 1. The summed E-state index contributed by atoms with van der Waals surface area (Å²) >= 11 is 0.